The van der Waals surface area contributed by atoms with Gasteiger partial charge in [-0.3, -0.25) is 0 Å². The molecular formula is C19H32N2S2. The number of hydrogen-bond donors (Lipinski definition) is 0. The van der Waals surface area contributed by atoms with E-state index < -0.39 is 0 Å². The Kier molecular flexibility index (Phi) is 20.7. The van der Waals surface area contributed by atoms with Gasteiger partial charge in [0.15, 0.2) is 0 Å². The molecule has 0 unspecified atom stereocenters. The summed E-state index contributed by atoms with van der Waals surface area (Å²) < 4.78 is 0. The van der Waals surface area contributed by atoms with Gasteiger partial charge in [0.1, 0.15) is 0 Å². The third-order valence-corrected chi connectivity index (χ3v) is 4.17. The largest absolute Gasteiger partial charge is 0.233 e. The molecule has 0 amide bonds. The molecule has 0 aromatic carbocycles. The van der Waals surface area contributed by atoms with E-state index in [4.69, 9.17) is 0 Å². The number of allylic oxidation sites excluding steroid dienone is 1. The van der Waals surface area contributed by atoms with Crippen molar-refractivity contribution in [1.82, 2.24) is 0 Å². The van der Waals surface area contributed by atoms with E-state index >= 15 is 0 Å². The first-order valence-corrected chi connectivity index (χ1v) is 9.99. The summed E-state index contributed by atoms with van der Waals surface area (Å²) in [6, 6.07) is 0. The van der Waals surface area contributed by atoms with E-state index in [-0.39, 0.29) is 0 Å². The maximum Gasteiger partial charge on any atom is 0.0634 e. The first-order valence-electron chi connectivity index (χ1n) is 9.17. The third kappa shape index (κ3) is 21.3. The molecule has 0 aliphatic rings. The average molecular weight is 353 g/mol. The van der Waals surface area contributed by atoms with Crippen LogP contribution in [0.4, 0.5) is 0 Å². The second kappa shape index (κ2) is 21.3. The summed E-state index contributed by atoms with van der Waals surface area (Å²) in [4.78, 5) is 7.69. The highest BCUT2D eigenvalue weighted by molar-refractivity contribution is 7.78. The predicted molar refractivity (Wildman–Crippen MR) is 109 cm³/mol. The molecule has 0 spiro atoms. The molecular weight excluding hydrogens is 320 g/mol. The lowest BCUT2D eigenvalue weighted by Crippen LogP contribution is -1.84. The fraction of sp³-hybridized carbons (Fsp3) is 0.789. The Morgan fingerprint density at radius 1 is 0.609 bits per heavy atom. The van der Waals surface area contributed by atoms with Crippen LogP contribution in [0, 0.1) is 0 Å². The Morgan fingerprint density at radius 2 is 1.09 bits per heavy atom. The van der Waals surface area contributed by atoms with Gasteiger partial charge in [-0.25, -0.2) is 9.98 Å². The third-order valence-electron chi connectivity index (χ3n) is 3.94. The van der Waals surface area contributed by atoms with Gasteiger partial charge in [0.05, 0.1) is 10.3 Å². The van der Waals surface area contributed by atoms with Crippen LogP contribution in [0.5, 0.6) is 0 Å². The van der Waals surface area contributed by atoms with Gasteiger partial charge in [-0.05, 0) is 43.7 Å². The van der Waals surface area contributed by atoms with Crippen molar-refractivity contribution in [2.75, 3.05) is 6.54 Å². The van der Waals surface area contributed by atoms with Crippen molar-refractivity contribution in [3.63, 3.8) is 0 Å². The number of nitrogens with zero attached hydrogens (tertiary/aromatic N) is 2. The molecule has 0 atom stereocenters. The number of aliphatic imine (C=N–C) groups is 2. The molecule has 0 heterocycles. The molecule has 0 radical (unpaired) electrons. The van der Waals surface area contributed by atoms with Gasteiger partial charge in [-0.15, -0.1) is 0 Å². The Hall–Kier alpha value is -0.660. The van der Waals surface area contributed by atoms with E-state index in [0.717, 1.165) is 13.0 Å². The highest BCUT2D eigenvalue weighted by Gasteiger charge is 1.93. The van der Waals surface area contributed by atoms with Gasteiger partial charge < -0.3 is 0 Å². The van der Waals surface area contributed by atoms with Crippen LogP contribution in [0.25, 0.3) is 0 Å². The van der Waals surface area contributed by atoms with Crippen LogP contribution in [0.3, 0.4) is 0 Å². The maximum atomic E-state index is 4.54. The summed E-state index contributed by atoms with van der Waals surface area (Å²) in [7, 11) is 0. The van der Waals surface area contributed by atoms with Crippen LogP contribution in [0.15, 0.2) is 22.3 Å². The Balaban J connectivity index is 3.05. The monoisotopic (exact) mass is 352 g/mol. The van der Waals surface area contributed by atoms with Crippen LogP contribution in [0.2, 0.25) is 0 Å². The van der Waals surface area contributed by atoms with Crippen molar-refractivity contribution < 1.29 is 0 Å². The normalized spacial score (nSPS) is 10.4. The zero-order valence-electron chi connectivity index (χ0n) is 14.5. The quantitative estimate of drug-likeness (QED) is 0.157. The van der Waals surface area contributed by atoms with Crippen molar-refractivity contribution in [2.45, 2.75) is 89.9 Å². The maximum absolute atomic E-state index is 4.54. The van der Waals surface area contributed by atoms with E-state index in [1.807, 2.05) is 0 Å². The highest BCUT2D eigenvalue weighted by Crippen LogP contribution is 2.13. The molecule has 0 aliphatic carbocycles. The Bertz CT molecular complexity index is 368. The summed E-state index contributed by atoms with van der Waals surface area (Å²) in [5, 5.41) is 4.76. The van der Waals surface area contributed by atoms with Gasteiger partial charge in [0.2, 0.25) is 0 Å². The van der Waals surface area contributed by atoms with Crippen molar-refractivity contribution in [3.05, 3.63) is 12.3 Å². The fourth-order valence-electron chi connectivity index (χ4n) is 2.60. The number of unbranched alkanes of at least 4 members (excludes halogenated alkanes) is 13. The fourth-order valence-corrected chi connectivity index (χ4v) is 2.75. The van der Waals surface area contributed by atoms with Crippen LogP contribution in [-0.4, -0.2) is 16.9 Å². The topological polar surface area (TPSA) is 24.7 Å². The minimum Gasteiger partial charge on any atom is -0.233 e. The lowest BCUT2D eigenvalue weighted by atomic mass is 10.0. The summed E-state index contributed by atoms with van der Waals surface area (Å²) in [5.74, 6) is 0. The van der Waals surface area contributed by atoms with Crippen molar-refractivity contribution in [2.24, 2.45) is 9.98 Å². The molecule has 2 nitrogen and oxygen atoms in total. The first-order chi connectivity index (χ1) is 11.4. The number of isothiocyanates is 2. The molecule has 0 aromatic heterocycles. The van der Waals surface area contributed by atoms with Gasteiger partial charge in [-0.2, -0.15) is 0 Å². The molecule has 0 saturated heterocycles. The molecule has 130 valence electrons. The summed E-state index contributed by atoms with van der Waals surface area (Å²) >= 11 is 9.04. The minimum atomic E-state index is 0.862. The smallest absolute Gasteiger partial charge is 0.0634 e. The number of rotatable bonds is 17. The minimum absolute atomic E-state index is 0.862. The van der Waals surface area contributed by atoms with Crippen LogP contribution >= 0.6 is 24.4 Å². The zero-order chi connectivity index (χ0) is 16.8. The molecule has 0 aliphatic heterocycles. The molecule has 0 aromatic rings. The second-order valence-electron chi connectivity index (χ2n) is 5.96. The molecule has 0 N–H and O–H groups in total. The standard InChI is InChI=1S/C19H32N2S2/c22-18-20-16-14-12-10-8-6-4-2-1-3-5-7-9-11-13-15-17-21-19-23/h14,16H,1-13,15,17H2. The van der Waals surface area contributed by atoms with Crippen molar-refractivity contribution in [1.29, 1.82) is 0 Å². The van der Waals surface area contributed by atoms with Crippen LogP contribution in [-0.2, 0) is 0 Å². The summed E-state index contributed by atoms with van der Waals surface area (Å²) in [5.41, 5.74) is 0. The van der Waals surface area contributed by atoms with Gasteiger partial charge in [0.25, 0.3) is 0 Å². The summed E-state index contributed by atoms with van der Waals surface area (Å²) in [6.07, 6.45) is 22.5. The first kappa shape index (κ1) is 22.3. The van der Waals surface area contributed by atoms with E-state index in [1.165, 1.54) is 83.5 Å². The molecule has 0 saturated carbocycles. The van der Waals surface area contributed by atoms with Crippen molar-refractivity contribution in [3.8, 4) is 0 Å². The zero-order valence-corrected chi connectivity index (χ0v) is 16.1. The van der Waals surface area contributed by atoms with Crippen LogP contribution < -0.4 is 0 Å². The molecule has 23 heavy (non-hydrogen) atoms. The number of thiocarbonyl (C=S) groups is 2. The van der Waals surface area contributed by atoms with E-state index in [2.05, 4.69) is 50.8 Å². The molecule has 4 heteroatoms. The number of hydrogen-bond acceptors (Lipinski definition) is 4. The van der Waals surface area contributed by atoms with Crippen LogP contribution in [0.1, 0.15) is 89.9 Å². The van der Waals surface area contributed by atoms with E-state index in [9.17, 15) is 0 Å². The van der Waals surface area contributed by atoms with Gasteiger partial charge >= 0.3 is 0 Å². The Morgan fingerprint density at radius 3 is 1.57 bits per heavy atom. The van der Waals surface area contributed by atoms with Gasteiger partial charge in [0, 0.05) is 12.7 Å². The lowest BCUT2D eigenvalue weighted by molar-refractivity contribution is 0.538. The predicted octanol–water partition coefficient (Wildman–Crippen LogP) is 7.17. The molecule has 0 rings (SSSR count). The van der Waals surface area contributed by atoms with Gasteiger partial charge in [-0.1, -0.05) is 76.7 Å². The Labute approximate surface area is 153 Å². The van der Waals surface area contributed by atoms with Crippen molar-refractivity contribution >= 4 is 34.8 Å². The highest BCUT2D eigenvalue weighted by atomic mass is 32.1. The van der Waals surface area contributed by atoms with E-state index in [0.29, 0.717) is 0 Å². The van der Waals surface area contributed by atoms with E-state index in [1.54, 1.807) is 6.20 Å². The summed E-state index contributed by atoms with van der Waals surface area (Å²) in [6.45, 7) is 0.862. The average Bonchev–Trinajstić information content (AvgIpc) is 2.57. The SMILES string of the molecule is S=C=NC=CCCCCCCCCCCCCCCCN=C=S. The lowest BCUT2D eigenvalue weighted by Gasteiger charge is -2.02. The molecule has 0 bridgehead atoms. The second-order valence-corrected chi connectivity index (χ2v) is 6.33. The molecule has 0 fully saturated rings.